The highest BCUT2D eigenvalue weighted by atomic mass is 127. The summed E-state index contributed by atoms with van der Waals surface area (Å²) in [5.41, 5.74) is 5.25. The molecule has 0 aliphatic heterocycles. The standard InChI is InChI=1S/C24H20NO.HI/c1-25(22-15-9-4-10-16-22)24-18-21(19-11-5-2-6-12-19)17-23(26-24)20-13-7-3-8-14-20;/h2-18H,1H3;1H/q+1;/p-1. The van der Waals surface area contributed by atoms with E-state index in [1.54, 1.807) is 0 Å². The number of halogens is 1. The molecule has 0 spiro atoms. The van der Waals surface area contributed by atoms with Gasteiger partial charge in [-0.15, -0.1) is 0 Å². The molecule has 0 radical (unpaired) electrons. The van der Waals surface area contributed by atoms with E-state index in [4.69, 9.17) is 4.42 Å². The SMILES string of the molecule is C[N+](c1ccccc1)=c1cc(-c2ccccc2)cc(-c2ccccc2)o1.[I-]. The number of benzene rings is 3. The molecule has 27 heavy (non-hydrogen) atoms. The third-order valence-electron chi connectivity index (χ3n) is 4.42. The van der Waals surface area contributed by atoms with Gasteiger partial charge in [-0.3, -0.25) is 0 Å². The van der Waals surface area contributed by atoms with E-state index < -0.39 is 0 Å². The summed E-state index contributed by atoms with van der Waals surface area (Å²) >= 11 is 0. The highest BCUT2D eigenvalue weighted by molar-refractivity contribution is 5.69. The Labute approximate surface area is 176 Å². The van der Waals surface area contributed by atoms with E-state index in [1.165, 1.54) is 5.56 Å². The molecular weight excluding hydrogens is 445 g/mol. The van der Waals surface area contributed by atoms with Crippen molar-refractivity contribution in [3.63, 3.8) is 0 Å². The lowest BCUT2D eigenvalue weighted by molar-refractivity contribution is -0.00000564. The molecule has 4 aromatic rings. The first kappa shape index (κ1) is 19.1. The second kappa shape index (κ2) is 8.82. The lowest BCUT2D eigenvalue weighted by Crippen LogP contribution is -3.00. The van der Waals surface area contributed by atoms with Gasteiger partial charge in [0.15, 0.2) is 0 Å². The minimum Gasteiger partial charge on any atom is -1.00 e. The van der Waals surface area contributed by atoms with Crippen molar-refractivity contribution >= 4 is 5.69 Å². The van der Waals surface area contributed by atoms with Gasteiger partial charge in [0.1, 0.15) is 12.8 Å². The van der Waals surface area contributed by atoms with Gasteiger partial charge in [0, 0.05) is 17.7 Å². The summed E-state index contributed by atoms with van der Waals surface area (Å²) in [6, 6.07) is 35.0. The molecule has 0 fully saturated rings. The van der Waals surface area contributed by atoms with Gasteiger partial charge in [0.05, 0.1) is 6.07 Å². The number of nitrogens with zero attached hydrogens (tertiary/aromatic N) is 1. The Bertz CT molecular complexity index is 1010. The molecule has 0 atom stereocenters. The smallest absolute Gasteiger partial charge is 0.374 e. The molecule has 134 valence electrons. The topological polar surface area (TPSA) is 16.1 Å². The van der Waals surface area contributed by atoms with Crippen LogP contribution in [0, 0.1) is 0 Å². The van der Waals surface area contributed by atoms with Crippen molar-refractivity contribution in [2.24, 2.45) is 0 Å². The summed E-state index contributed by atoms with van der Waals surface area (Å²) in [7, 11) is 2.03. The molecule has 1 aromatic heterocycles. The molecule has 1 heterocycles. The Balaban J connectivity index is 0.00000210. The Hall–Kier alpha value is -2.66. The van der Waals surface area contributed by atoms with Crippen LogP contribution in [0.4, 0.5) is 5.69 Å². The average molecular weight is 465 g/mol. The van der Waals surface area contributed by atoms with E-state index in [-0.39, 0.29) is 24.0 Å². The fourth-order valence-corrected chi connectivity index (χ4v) is 2.97. The molecule has 0 unspecified atom stereocenters. The highest BCUT2D eigenvalue weighted by Gasteiger charge is 2.11. The number of hydrogen-bond acceptors (Lipinski definition) is 1. The molecule has 4 rings (SSSR count). The second-order valence-corrected chi connectivity index (χ2v) is 6.18. The summed E-state index contributed by atoms with van der Waals surface area (Å²) in [5.74, 6) is 0.852. The van der Waals surface area contributed by atoms with Crippen LogP contribution in [0.2, 0.25) is 0 Å². The molecule has 0 bridgehead atoms. The number of para-hydroxylation sites is 1. The van der Waals surface area contributed by atoms with Gasteiger partial charge in [-0.25, -0.2) is 0 Å². The fourth-order valence-electron chi connectivity index (χ4n) is 2.97. The van der Waals surface area contributed by atoms with E-state index in [9.17, 15) is 0 Å². The largest absolute Gasteiger partial charge is 1.00 e. The average Bonchev–Trinajstić information content (AvgIpc) is 2.75. The summed E-state index contributed by atoms with van der Waals surface area (Å²) < 4.78 is 8.34. The van der Waals surface area contributed by atoms with Crippen LogP contribution in [-0.2, 0) is 0 Å². The molecule has 3 aromatic carbocycles. The van der Waals surface area contributed by atoms with Gasteiger partial charge in [-0.05, 0) is 17.2 Å². The molecule has 0 N–H and O–H groups in total. The van der Waals surface area contributed by atoms with Gasteiger partial charge in [0.25, 0.3) is 0 Å². The van der Waals surface area contributed by atoms with Crippen molar-refractivity contribution < 1.29 is 28.4 Å². The van der Waals surface area contributed by atoms with Gasteiger partial charge in [-0.2, -0.15) is 4.58 Å². The van der Waals surface area contributed by atoms with E-state index in [2.05, 4.69) is 65.2 Å². The predicted molar refractivity (Wildman–Crippen MR) is 107 cm³/mol. The molecule has 0 saturated heterocycles. The first-order valence-electron chi connectivity index (χ1n) is 8.69. The first-order valence-corrected chi connectivity index (χ1v) is 8.69. The minimum atomic E-state index is 0. The Morgan fingerprint density at radius 1 is 0.593 bits per heavy atom. The van der Waals surface area contributed by atoms with Crippen molar-refractivity contribution in [1.29, 1.82) is 0 Å². The van der Waals surface area contributed by atoms with E-state index >= 15 is 0 Å². The lowest BCUT2D eigenvalue weighted by atomic mass is 10.0. The van der Waals surface area contributed by atoms with E-state index in [0.717, 1.165) is 28.1 Å². The third-order valence-corrected chi connectivity index (χ3v) is 4.42. The molecule has 3 heteroatoms. The van der Waals surface area contributed by atoms with Crippen LogP contribution in [0.5, 0.6) is 0 Å². The van der Waals surface area contributed by atoms with Crippen molar-refractivity contribution in [3.8, 4) is 22.5 Å². The first-order chi connectivity index (χ1) is 12.8. The lowest BCUT2D eigenvalue weighted by Gasteiger charge is -2.05. The second-order valence-electron chi connectivity index (χ2n) is 6.18. The van der Waals surface area contributed by atoms with E-state index in [1.807, 2.05) is 49.5 Å². The highest BCUT2D eigenvalue weighted by Crippen LogP contribution is 2.24. The van der Waals surface area contributed by atoms with Crippen molar-refractivity contribution in [2.45, 2.75) is 0 Å². The maximum atomic E-state index is 6.27. The maximum Gasteiger partial charge on any atom is 0.374 e. The van der Waals surface area contributed by atoms with Crippen LogP contribution in [0.25, 0.3) is 22.5 Å². The summed E-state index contributed by atoms with van der Waals surface area (Å²) in [6.07, 6.45) is 0. The zero-order chi connectivity index (χ0) is 17.8. The summed E-state index contributed by atoms with van der Waals surface area (Å²) in [6.45, 7) is 0. The van der Waals surface area contributed by atoms with Gasteiger partial charge in [0.2, 0.25) is 5.69 Å². The number of rotatable bonds is 3. The summed E-state index contributed by atoms with van der Waals surface area (Å²) in [4.78, 5) is 0. The molecule has 0 saturated carbocycles. The Morgan fingerprint density at radius 2 is 1.11 bits per heavy atom. The Morgan fingerprint density at radius 3 is 1.70 bits per heavy atom. The van der Waals surface area contributed by atoms with Crippen molar-refractivity contribution in [2.75, 3.05) is 7.05 Å². The fraction of sp³-hybridized carbons (Fsp3) is 0.0417. The quantitative estimate of drug-likeness (QED) is 0.335. The van der Waals surface area contributed by atoms with Crippen LogP contribution in [0.3, 0.4) is 0 Å². The number of hydrogen-bond donors (Lipinski definition) is 0. The van der Waals surface area contributed by atoms with Crippen LogP contribution in [0.1, 0.15) is 0 Å². The van der Waals surface area contributed by atoms with Crippen LogP contribution >= 0.6 is 0 Å². The Kier molecular flexibility index (Phi) is 6.24. The molecule has 0 amide bonds. The van der Waals surface area contributed by atoms with Crippen LogP contribution in [-0.4, -0.2) is 7.05 Å². The van der Waals surface area contributed by atoms with Gasteiger partial charge < -0.3 is 28.4 Å². The third kappa shape index (κ3) is 4.37. The molecule has 0 aliphatic carbocycles. The molecular formula is C24H20INO. The van der Waals surface area contributed by atoms with Crippen molar-refractivity contribution in [1.82, 2.24) is 4.58 Å². The van der Waals surface area contributed by atoms with Crippen LogP contribution in [0.15, 0.2) is 108 Å². The molecule has 2 nitrogen and oxygen atoms in total. The summed E-state index contributed by atoms with van der Waals surface area (Å²) in [5, 5.41) is 0. The minimum absolute atomic E-state index is 0. The van der Waals surface area contributed by atoms with Crippen LogP contribution < -0.4 is 34.1 Å². The predicted octanol–water partition coefficient (Wildman–Crippen LogP) is 2.35. The monoisotopic (exact) mass is 465 g/mol. The van der Waals surface area contributed by atoms with Gasteiger partial charge in [-0.1, -0.05) is 78.9 Å². The van der Waals surface area contributed by atoms with Gasteiger partial charge >= 0.3 is 5.55 Å². The molecule has 0 aliphatic rings. The normalized spacial score (nSPS) is 11.4. The van der Waals surface area contributed by atoms with E-state index in [0.29, 0.717) is 0 Å². The van der Waals surface area contributed by atoms with Crippen molar-refractivity contribution in [3.05, 3.63) is 109 Å². The zero-order valence-electron chi connectivity index (χ0n) is 15.0. The maximum absolute atomic E-state index is 6.27. The zero-order valence-corrected chi connectivity index (χ0v) is 17.2.